The number of halogens is 1. The highest BCUT2D eigenvalue weighted by molar-refractivity contribution is 9.10. The number of fused-ring (bicyclic) bond motifs is 2. The van der Waals surface area contributed by atoms with E-state index in [1.54, 1.807) is 30.3 Å². The first-order valence-electron chi connectivity index (χ1n) is 13.0. The van der Waals surface area contributed by atoms with Crippen molar-refractivity contribution in [2.24, 2.45) is 5.10 Å². The van der Waals surface area contributed by atoms with Crippen LogP contribution in [0.5, 0.6) is 0 Å². The molecule has 14 heteroatoms. The van der Waals surface area contributed by atoms with Gasteiger partial charge in [-0.25, -0.2) is 13.4 Å². The third kappa shape index (κ3) is 6.44. The van der Waals surface area contributed by atoms with Crippen LogP contribution < -0.4 is 10.4 Å². The number of hydrazone groups is 1. The van der Waals surface area contributed by atoms with E-state index in [2.05, 4.69) is 26.0 Å². The van der Waals surface area contributed by atoms with Gasteiger partial charge in [0, 0.05) is 36.0 Å². The molecule has 0 saturated heterocycles. The fraction of sp³-hybridized carbons (Fsp3) is 0.133. The number of nitrogens with zero attached hydrogens (tertiary/aromatic N) is 6. The van der Waals surface area contributed by atoms with Gasteiger partial charge in [0.2, 0.25) is 20.6 Å². The predicted molar refractivity (Wildman–Crippen MR) is 170 cm³/mol. The Morgan fingerprint density at radius 3 is 2.45 bits per heavy atom. The number of nitriles is 2. The number of thiazole rings is 1. The average Bonchev–Trinajstić information content (AvgIpc) is 3.45. The number of sulfonamides is 1. The molecule has 0 N–H and O–H groups in total. The smallest absolute Gasteiger partial charge is 0.280 e. The summed E-state index contributed by atoms with van der Waals surface area (Å²) in [4.78, 5) is 31.3. The van der Waals surface area contributed by atoms with Gasteiger partial charge >= 0.3 is 0 Å². The summed E-state index contributed by atoms with van der Waals surface area (Å²) in [5.74, 6) is -0.626. The predicted octanol–water partition coefficient (Wildman–Crippen LogP) is 5.66. The lowest BCUT2D eigenvalue weighted by atomic mass is 10.2. The van der Waals surface area contributed by atoms with Gasteiger partial charge in [-0.05, 0) is 54.6 Å². The molecule has 3 aromatic carbocycles. The number of rotatable bonds is 10. The average molecular weight is 690 g/mol. The normalized spacial score (nSPS) is 11.6. The minimum atomic E-state index is -4.03. The third-order valence-electron chi connectivity index (χ3n) is 6.42. The Morgan fingerprint density at radius 2 is 1.75 bits per heavy atom. The Balaban J connectivity index is 1.51. The topological polar surface area (TPSA) is 161 Å². The van der Waals surface area contributed by atoms with Crippen LogP contribution in [0.15, 0.2) is 96.7 Å². The highest BCUT2D eigenvalue weighted by Gasteiger charge is 2.26. The quantitative estimate of drug-likeness (QED) is 0.134. The summed E-state index contributed by atoms with van der Waals surface area (Å²) >= 11 is 4.64. The number of aromatic nitrogens is 1. The second kappa shape index (κ2) is 13.3. The molecule has 1 amide bonds. The number of hydrogen-bond acceptors (Lipinski definition) is 10. The van der Waals surface area contributed by atoms with Crippen molar-refractivity contribution in [2.75, 3.05) is 18.1 Å². The molecule has 0 aliphatic carbocycles. The van der Waals surface area contributed by atoms with Crippen molar-refractivity contribution in [3.8, 4) is 12.1 Å². The highest BCUT2D eigenvalue weighted by Crippen LogP contribution is 2.32. The van der Waals surface area contributed by atoms with Gasteiger partial charge in [-0.3, -0.25) is 9.59 Å². The molecule has 2 heterocycles. The lowest BCUT2D eigenvalue weighted by molar-refractivity contribution is 0.0987. The molecule has 44 heavy (non-hydrogen) atoms. The molecular weight excluding hydrogens is 668 g/mol. The van der Waals surface area contributed by atoms with Crippen LogP contribution in [0.25, 0.3) is 21.2 Å². The minimum absolute atomic E-state index is 0.0392. The summed E-state index contributed by atoms with van der Waals surface area (Å²) in [7, 11) is -4.03. The molecule has 5 aromatic rings. The molecular formula is C30H21BrN6O5S2. The van der Waals surface area contributed by atoms with E-state index in [0.29, 0.717) is 16.5 Å². The molecule has 0 radical (unpaired) electrons. The summed E-state index contributed by atoms with van der Waals surface area (Å²) in [5.41, 5.74) is 0.924. The number of para-hydroxylation sites is 1. The van der Waals surface area contributed by atoms with Gasteiger partial charge < -0.3 is 4.42 Å². The van der Waals surface area contributed by atoms with Crippen molar-refractivity contribution in [1.82, 2.24) is 9.29 Å². The van der Waals surface area contributed by atoms with Gasteiger partial charge in [-0.1, -0.05) is 39.4 Å². The zero-order chi connectivity index (χ0) is 31.3. The zero-order valence-corrected chi connectivity index (χ0v) is 26.0. The molecule has 220 valence electrons. The molecule has 2 aromatic heterocycles. The fourth-order valence-electron chi connectivity index (χ4n) is 4.21. The van der Waals surface area contributed by atoms with Crippen LogP contribution in [-0.4, -0.2) is 42.9 Å². The summed E-state index contributed by atoms with van der Waals surface area (Å²) in [6.45, 7) is -0.139. The molecule has 0 fully saturated rings. The van der Waals surface area contributed by atoms with Crippen molar-refractivity contribution in [2.45, 2.75) is 17.7 Å². The maximum atomic E-state index is 13.8. The fourth-order valence-corrected chi connectivity index (χ4v) is 7.13. The minimum Gasteiger partial charge on any atom is -0.463 e. The second-order valence-electron chi connectivity index (χ2n) is 9.23. The standard InChI is InChI=1S/C30H21BrN6O5S2/c31-22-9-12-25-27(17-22)43-30(35-25)37(34-18-21-19-42-26-6-2-1-5-24(26)28(21)38)29(39)20-7-10-23(11-8-20)44(40,41)36(15-3-13-32)16-4-14-33/h1-2,5-12,17-19H,3-4,15-16H2/b34-18+. The summed E-state index contributed by atoms with van der Waals surface area (Å²) in [6.07, 6.45) is 2.40. The van der Waals surface area contributed by atoms with Gasteiger partial charge in [0.25, 0.3) is 5.91 Å². The zero-order valence-electron chi connectivity index (χ0n) is 22.8. The van der Waals surface area contributed by atoms with Gasteiger partial charge in [0.05, 0.1) is 44.4 Å². The van der Waals surface area contributed by atoms with Crippen LogP contribution in [0.2, 0.25) is 0 Å². The van der Waals surface area contributed by atoms with Gasteiger partial charge in [0.15, 0.2) is 0 Å². The molecule has 11 nitrogen and oxygen atoms in total. The SMILES string of the molecule is N#CCCN(CCC#N)S(=O)(=O)c1ccc(C(=O)N(/N=C/c2coc3ccccc3c2=O)c2nc3ccc(Br)cc3s2)cc1. The first kappa shape index (κ1) is 30.7. The van der Waals surface area contributed by atoms with Crippen molar-refractivity contribution in [3.63, 3.8) is 0 Å². The number of benzene rings is 3. The van der Waals surface area contributed by atoms with Crippen molar-refractivity contribution in [1.29, 1.82) is 10.5 Å². The number of amides is 1. The number of anilines is 1. The van der Waals surface area contributed by atoms with Crippen molar-refractivity contribution < 1.29 is 17.6 Å². The molecule has 0 bridgehead atoms. The van der Waals surface area contributed by atoms with E-state index in [1.807, 2.05) is 24.3 Å². The van der Waals surface area contributed by atoms with Crippen LogP contribution in [0.3, 0.4) is 0 Å². The van der Waals surface area contributed by atoms with Gasteiger partial charge in [0.1, 0.15) is 11.8 Å². The number of hydrogen-bond donors (Lipinski definition) is 0. The Labute approximate surface area is 264 Å². The Morgan fingerprint density at radius 1 is 1.05 bits per heavy atom. The van der Waals surface area contributed by atoms with E-state index in [4.69, 9.17) is 14.9 Å². The summed E-state index contributed by atoms with van der Waals surface area (Å²) < 4.78 is 34.7. The first-order chi connectivity index (χ1) is 21.2. The second-order valence-corrected chi connectivity index (χ2v) is 13.1. The van der Waals surface area contributed by atoms with Crippen LogP contribution in [0, 0.1) is 22.7 Å². The van der Waals surface area contributed by atoms with E-state index in [1.165, 1.54) is 48.1 Å². The van der Waals surface area contributed by atoms with Gasteiger partial charge in [-0.15, -0.1) is 0 Å². The lowest BCUT2D eigenvalue weighted by Gasteiger charge is -2.20. The Kier molecular flexibility index (Phi) is 9.27. The molecule has 0 spiro atoms. The van der Waals surface area contributed by atoms with Gasteiger partial charge in [-0.2, -0.15) is 24.9 Å². The van der Waals surface area contributed by atoms with E-state index in [9.17, 15) is 18.0 Å². The summed E-state index contributed by atoms with van der Waals surface area (Å²) in [5, 5.41) is 23.8. The molecule has 0 saturated carbocycles. The van der Waals surface area contributed by atoms with Crippen LogP contribution in [0.1, 0.15) is 28.8 Å². The maximum Gasteiger partial charge on any atom is 0.280 e. The molecule has 0 aliphatic rings. The number of carbonyl (C=O) groups excluding carboxylic acids is 1. The van der Waals surface area contributed by atoms with E-state index < -0.39 is 15.9 Å². The maximum absolute atomic E-state index is 13.8. The van der Waals surface area contributed by atoms with E-state index in [-0.39, 0.29) is 52.5 Å². The monoisotopic (exact) mass is 688 g/mol. The number of carbonyl (C=O) groups is 1. The molecule has 5 rings (SSSR count). The van der Waals surface area contributed by atoms with E-state index in [0.717, 1.165) is 18.5 Å². The summed E-state index contributed by atoms with van der Waals surface area (Å²) in [6, 6.07) is 21.3. The Bertz CT molecular complexity index is 2130. The Hall–Kier alpha value is -4.73. The van der Waals surface area contributed by atoms with Crippen molar-refractivity contribution in [3.05, 3.63) is 98.8 Å². The van der Waals surface area contributed by atoms with E-state index >= 15 is 0 Å². The highest BCUT2D eigenvalue weighted by atomic mass is 79.9. The van der Waals surface area contributed by atoms with Crippen molar-refractivity contribution >= 4 is 75.7 Å². The van der Waals surface area contributed by atoms with Crippen LogP contribution in [0.4, 0.5) is 5.13 Å². The molecule has 0 atom stereocenters. The van der Waals surface area contributed by atoms with Crippen LogP contribution >= 0.6 is 27.3 Å². The largest absolute Gasteiger partial charge is 0.463 e. The lowest BCUT2D eigenvalue weighted by Crippen LogP contribution is -2.33. The third-order valence-corrected chi connectivity index (χ3v) is 9.82. The molecule has 0 aliphatic heterocycles. The van der Waals surface area contributed by atoms with Crippen LogP contribution in [-0.2, 0) is 10.0 Å². The molecule has 0 unspecified atom stereocenters. The first-order valence-corrected chi connectivity index (χ1v) is 16.1.